The zero-order valence-electron chi connectivity index (χ0n) is 12.8. The van der Waals surface area contributed by atoms with Gasteiger partial charge in [0.25, 0.3) is 0 Å². The van der Waals surface area contributed by atoms with E-state index in [2.05, 4.69) is 15.5 Å². The Labute approximate surface area is 127 Å². The molecule has 0 unspecified atom stereocenters. The second-order valence-electron chi connectivity index (χ2n) is 4.66. The minimum absolute atomic E-state index is 0.125. The summed E-state index contributed by atoms with van der Waals surface area (Å²) in [5.41, 5.74) is 0. The molecule has 1 heterocycles. The van der Waals surface area contributed by atoms with Crippen molar-refractivity contribution in [2.45, 2.75) is 44.1 Å². The first kappa shape index (κ1) is 17.8. The molecule has 0 aromatic carbocycles. The predicted molar refractivity (Wildman–Crippen MR) is 79.1 cm³/mol. The van der Waals surface area contributed by atoms with Gasteiger partial charge in [0.1, 0.15) is 5.25 Å². The SMILES string of the molecule is CCCc1nc(C[S@@](=O)[C@@H](C)C(=O)NCCCOC)no1. The highest BCUT2D eigenvalue weighted by Crippen LogP contribution is 2.06. The number of amides is 1. The van der Waals surface area contributed by atoms with Gasteiger partial charge in [-0.3, -0.25) is 9.00 Å². The van der Waals surface area contributed by atoms with Crippen molar-refractivity contribution >= 4 is 16.7 Å². The Morgan fingerprint density at radius 2 is 2.29 bits per heavy atom. The first-order chi connectivity index (χ1) is 10.1. The van der Waals surface area contributed by atoms with Gasteiger partial charge in [0.15, 0.2) is 5.82 Å². The number of nitrogens with zero attached hydrogens (tertiary/aromatic N) is 2. The molecule has 7 nitrogen and oxygen atoms in total. The fourth-order valence-electron chi connectivity index (χ4n) is 1.61. The highest BCUT2D eigenvalue weighted by Gasteiger charge is 2.21. The second-order valence-corrected chi connectivity index (χ2v) is 6.42. The summed E-state index contributed by atoms with van der Waals surface area (Å²) in [5.74, 6) is 0.818. The largest absolute Gasteiger partial charge is 0.385 e. The average molecular weight is 317 g/mol. The molecular weight excluding hydrogens is 294 g/mol. The molecule has 2 atom stereocenters. The minimum atomic E-state index is -1.37. The number of aryl methyl sites for hydroxylation is 1. The van der Waals surface area contributed by atoms with E-state index in [1.807, 2.05) is 6.92 Å². The van der Waals surface area contributed by atoms with Gasteiger partial charge in [-0.15, -0.1) is 0 Å². The molecule has 1 amide bonds. The summed E-state index contributed by atoms with van der Waals surface area (Å²) >= 11 is 0. The Bertz CT molecular complexity index is 464. The van der Waals surface area contributed by atoms with E-state index in [1.165, 1.54) is 0 Å². The van der Waals surface area contributed by atoms with Crippen molar-refractivity contribution in [3.05, 3.63) is 11.7 Å². The number of carbonyl (C=O) groups excluding carboxylic acids is 1. The van der Waals surface area contributed by atoms with Crippen molar-refractivity contribution in [2.75, 3.05) is 20.3 Å². The van der Waals surface area contributed by atoms with Crippen LogP contribution in [0.1, 0.15) is 38.4 Å². The van der Waals surface area contributed by atoms with Crippen LogP contribution in [0.2, 0.25) is 0 Å². The fourth-order valence-corrected chi connectivity index (χ4v) is 2.55. The third kappa shape index (κ3) is 6.34. The third-order valence-corrected chi connectivity index (χ3v) is 4.38. The lowest BCUT2D eigenvalue weighted by molar-refractivity contribution is -0.120. The number of carbonyl (C=O) groups is 1. The number of nitrogens with one attached hydrogen (secondary N) is 1. The van der Waals surface area contributed by atoms with Gasteiger partial charge in [0.2, 0.25) is 11.8 Å². The van der Waals surface area contributed by atoms with Crippen LogP contribution in [-0.2, 0) is 32.5 Å². The van der Waals surface area contributed by atoms with Crippen LogP contribution in [0.5, 0.6) is 0 Å². The monoisotopic (exact) mass is 317 g/mol. The summed E-state index contributed by atoms with van der Waals surface area (Å²) in [4.78, 5) is 16.0. The van der Waals surface area contributed by atoms with Crippen LogP contribution in [-0.4, -0.2) is 45.8 Å². The van der Waals surface area contributed by atoms with Gasteiger partial charge < -0.3 is 14.6 Å². The molecule has 8 heteroatoms. The smallest absolute Gasteiger partial charge is 0.235 e. The highest BCUT2D eigenvalue weighted by atomic mass is 32.2. The predicted octanol–water partition coefficient (Wildman–Crippen LogP) is 0.812. The summed E-state index contributed by atoms with van der Waals surface area (Å²) in [5, 5.41) is 5.90. The van der Waals surface area contributed by atoms with Crippen molar-refractivity contribution in [3.8, 4) is 0 Å². The molecule has 21 heavy (non-hydrogen) atoms. The number of aromatic nitrogens is 2. The van der Waals surface area contributed by atoms with Crippen molar-refractivity contribution in [1.82, 2.24) is 15.5 Å². The summed E-state index contributed by atoms with van der Waals surface area (Å²) in [6, 6.07) is 0. The standard InChI is InChI=1S/C13H23N3O4S/c1-4-6-12-15-11(16-20-12)9-21(18)10(2)13(17)14-7-5-8-19-3/h10H,4-9H2,1-3H3,(H,14,17)/t10-,21+/m0/s1. The number of ether oxygens (including phenoxy) is 1. The lowest BCUT2D eigenvalue weighted by atomic mass is 10.3. The molecule has 0 aliphatic carbocycles. The van der Waals surface area contributed by atoms with Gasteiger partial charge in [-0.1, -0.05) is 12.1 Å². The van der Waals surface area contributed by atoms with E-state index in [0.29, 0.717) is 31.3 Å². The maximum absolute atomic E-state index is 12.1. The summed E-state index contributed by atoms with van der Waals surface area (Å²) in [6.45, 7) is 4.74. The summed E-state index contributed by atoms with van der Waals surface area (Å²) < 4.78 is 22.0. The van der Waals surface area contributed by atoms with Crippen LogP contribution in [0.3, 0.4) is 0 Å². The van der Waals surface area contributed by atoms with Gasteiger partial charge in [-0.05, 0) is 19.8 Å². The van der Waals surface area contributed by atoms with Crippen LogP contribution in [0, 0.1) is 0 Å². The van der Waals surface area contributed by atoms with Gasteiger partial charge in [0, 0.05) is 37.5 Å². The highest BCUT2D eigenvalue weighted by molar-refractivity contribution is 7.85. The molecule has 0 radical (unpaired) electrons. The number of hydrogen-bond acceptors (Lipinski definition) is 6. The first-order valence-electron chi connectivity index (χ1n) is 7.03. The molecular formula is C13H23N3O4S. The topological polar surface area (TPSA) is 94.3 Å². The van der Waals surface area contributed by atoms with E-state index in [1.54, 1.807) is 14.0 Å². The molecule has 0 spiro atoms. The number of methoxy groups -OCH3 is 1. The van der Waals surface area contributed by atoms with Gasteiger partial charge in [0.05, 0.1) is 5.75 Å². The molecule has 0 bridgehead atoms. The third-order valence-electron chi connectivity index (χ3n) is 2.83. The molecule has 1 rings (SSSR count). The molecule has 120 valence electrons. The van der Waals surface area contributed by atoms with E-state index in [-0.39, 0.29) is 11.7 Å². The van der Waals surface area contributed by atoms with Crippen LogP contribution in [0.4, 0.5) is 0 Å². The fraction of sp³-hybridized carbons (Fsp3) is 0.769. The van der Waals surface area contributed by atoms with Gasteiger partial charge >= 0.3 is 0 Å². The van der Waals surface area contributed by atoms with Crippen LogP contribution >= 0.6 is 0 Å². The van der Waals surface area contributed by atoms with Crippen molar-refractivity contribution in [3.63, 3.8) is 0 Å². The zero-order chi connectivity index (χ0) is 15.7. The second kappa shape index (κ2) is 9.62. The molecule has 0 aliphatic heterocycles. The van der Waals surface area contributed by atoms with Gasteiger partial charge in [-0.25, -0.2) is 0 Å². The lowest BCUT2D eigenvalue weighted by Crippen LogP contribution is -2.36. The maximum Gasteiger partial charge on any atom is 0.235 e. The van der Waals surface area contributed by atoms with E-state index in [4.69, 9.17) is 9.26 Å². The van der Waals surface area contributed by atoms with E-state index >= 15 is 0 Å². The molecule has 1 N–H and O–H groups in total. The Hall–Kier alpha value is -1.28. The van der Waals surface area contributed by atoms with Crippen molar-refractivity contribution in [2.24, 2.45) is 0 Å². The Morgan fingerprint density at radius 3 is 2.95 bits per heavy atom. The molecule has 0 fully saturated rings. The first-order valence-corrected chi connectivity index (χ1v) is 8.42. The molecule has 0 aliphatic rings. The van der Waals surface area contributed by atoms with Crippen molar-refractivity contribution in [1.29, 1.82) is 0 Å². The van der Waals surface area contributed by atoms with Crippen LogP contribution in [0.25, 0.3) is 0 Å². The quantitative estimate of drug-likeness (QED) is 0.642. The normalized spacial score (nSPS) is 13.9. The summed E-state index contributed by atoms with van der Waals surface area (Å²) in [6.07, 6.45) is 2.34. The molecule has 0 saturated carbocycles. The summed E-state index contributed by atoms with van der Waals surface area (Å²) in [7, 11) is 0.236. The van der Waals surface area contributed by atoms with E-state index < -0.39 is 16.0 Å². The molecule has 1 aromatic rings. The Balaban J connectivity index is 2.40. The zero-order valence-corrected chi connectivity index (χ0v) is 13.6. The van der Waals surface area contributed by atoms with E-state index in [0.717, 1.165) is 12.8 Å². The lowest BCUT2D eigenvalue weighted by Gasteiger charge is -2.10. The van der Waals surface area contributed by atoms with E-state index in [9.17, 15) is 9.00 Å². The molecule has 0 saturated heterocycles. The minimum Gasteiger partial charge on any atom is -0.385 e. The Kier molecular flexibility index (Phi) is 8.14. The Morgan fingerprint density at radius 1 is 1.52 bits per heavy atom. The molecule has 1 aromatic heterocycles. The maximum atomic E-state index is 12.1. The average Bonchev–Trinajstić information content (AvgIpc) is 2.90. The number of rotatable bonds is 10. The van der Waals surface area contributed by atoms with Crippen LogP contribution < -0.4 is 5.32 Å². The van der Waals surface area contributed by atoms with Crippen LogP contribution in [0.15, 0.2) is 4.52 Å². The number of hydrogen-bond donors (Lipinski definition) is 1. The van der Waals surface area contributed by atoms with Gasteiger partial charge in [-0.2, -0.15) is 4.98 Å². The van der Waals surface area contributed by atoms with Crippen molar-refractivity contribution < 1.29 is 18.3 Å².